The highest BCUT2D eigenvalue weighted by Crippen LogP contribution is 2.26. The average Bonchev–Trinajstić information content (AvgIpc) is 3.06. The maximum Gasteiger partial charge on any atom is 0.337 e. The van der Waals surface area contributed by atoms with Gasteiger partial charge in [0.25, 0.3) is 0 Å². The van der Waals surface area contributed by atoms with Crippen LogP contribution in [0.2, 0.25) is 0 Å². The van der Waals surface area contributed by atoms with E-state index in [9.17, 15) is 44.8 Å². The van der Waals surface area contributed by atoms with E-state index in [1.807, 2.05) is 19.9 Å². The number of nitrogens with zero attached hydrogens (tertiary/aromatic N) is 1. The van der Waals surface area contributed by atoms with Crippen LogP contribution in [0.1, 0.15) is 110 Å². The smallest absolute Gasteiger partial charge is 0.337 e. The van der Waals surface area contributed by atoms with Gasteiger partial charge in [0.1, 0.15) is 18.4 Å². The fraction of sp³-hybridized carbons (Fsp3) is 0.605. The molecule has 13 heteroatoms. The summed E-state index contributed by atoms with van der Waals surface area (Å²) in [5.74, 6) is -7.43. The van der Waals surface area contributed by atoms with Crippen LogP contribution in [-0.2, 0) is 25.6 Å². The van der Waals surface area contributed by atoms with Crippen molar-refractivity contribution in [2.24, 2.45) is 11.7 Å². The molecule has 1 aromatic carbocycles. The Bertz CT molecular complexity index is 1320. The Labute approximate surface area is 301 Å². The molecular weight excluding hydrogens is 658 g/mol. The molecule has 7 N–H and O–H groups in total. The Morgan fingerprint density at radius 3 is 2.10 bits per heavy atom. The number of amides is 1. The van der Waals surface area contributed by atoms with Crippen LogP contribution < -0.4 is 15.8 Å². The molecule has 0 spiro atoms. The van der Waals surface area contributed by atoms with Crippen molar-refractivity contribution >= 4 is 29.5 Å². The maximum absolute atomic E-state index is 13.4. The highest BCUT2D eigenvalue weighted by atomic mass is 16.5. The van der Waals surface area contributed by atoms with E-state index in [0.29, 0.717) is 37.2 Å². The zero-order valence-electron chi connectivity index (χ0n) is 30.5. The van der Waals surface area contributed by atoms with Crippen LogP contribution in [0, 0.1) is 11.1 Å². The number of nitrogens with two attached hydrogens (primary N) is 1. The molecule has 13 nitrogen and oxygen atoms in total. The number of rotatable bonds is 28. The van der Waals surface area contributed by atoms with Crippen LogP contribution in [-0.4, -0.2) is 86.0 Å². The third-order valence-corrected chi connectivity index (χ3v) is 8.48. The predicted molar refractivity (Wildman–Crippen MR) is 196 cm³/mol. The summed E-state index contributed by atoms with van der Waals surface area (Å²) in [5.41, 5.74) is 5.05. The molecule has 3 atom stereocenters. The number of aliphatic hydroxyl groups is 1. The number of allylic oxidation sites excluding steroid dienone is 2. The Kier molecular flexibility index (Phi) is 21.8. The first-order valence-electron chi connectivity index (χ1n) is 18.0. The summed E-state index contributed by atoms with van der Waals surface area (Å²) in [4.78, 5) is 49.2. The Hall–Kier alpha value is -4.23. The van der Waals surface area contributed by atoms with Gasteiger partial charge in [-0.05, 0) is 63.3 Å². The monoisotopic (exact) mass is 717 g/mol. The quantitative estimate of drug-likeness (QED) is 0.0165. The molecule has 51 heavy (non-hydrogen) atoms. The molecule has 0 bridgehead atoms. The molecule has 0 saturated carbocycles. The minimum atomic E-state index is -3.03. The molecule has 0 aliphatic rings. The number of aliphatic carboxylic acids is 3. The van der Waals surface area contributed by atoms with Gasteiger partial charge in [-0.3, -0.25) is 9.59 Å². The number of carbonyl (C=O) groups excluding carboxylic acids is 1. The fourth-order valence-corrected chi connectivity index (χ4v) is 5.50. The van der Waals surface area contributed by atoms with Crippen LogP contribution in [0.3, 0.4) is 0 Å². The largest absolute Gasteiger partial charge is 0.624 e. The van der Waals surface area contributed by atoms with Crippen LogP contribution in [0.5, 0.6) is 5.75 Å². The number of benzene rings is 1. The zero-order valence-corrected chi connectivity index (χ0v) is 30.5. The van der Waals surface area contributed by atoms with Gasteiger partial charge < -0.3 is 41.4 Å². The van der Waals surface area contributed by atoms with Crippen LogP contribution in [0.25, 0.3) is 0 Å². The number of carbonyl (C=O) groups is 4. The van der Waals surface area contributed by atoms with Gasteiger partial charge >= 0.3 is 17.9 Å². The number of carboxylic acids is 3. The third kappa shape index (κ3) is 18.0. The summed E-state index contributed by atoms with van der Waals surface area (Å²) >= 11 is 0. The molecule has 0 unspecified atom stereocenters. The Morgan fingerprint density at radius 1 is 0.961 bits per heavy atom. The minimum absolute atomic E-state index is 0.162. The van der Waals surface area contributed by atoms with Crippen molar-refractivity contribution in [3.63, 3.8) is 0 Å². The van der Waals surface area contributed by atoms with E-state index in [0.717, 1.165) is 73.5 Å². The Balaban J connectivity index is 2.92. The molecule has 0 aromatic heterocycles. The number of nitrogens with one attached hydrogen (secondary N) is 1. The van der Waals surface area contributed by atoms with Crippen LogP contribution in [0.4, 0.5) is 0 Å². The van der Waals surface area contributed by atoms with E-state index >= 15 is 0 Å². The summed E-state index contributed by atoms with van der Waals surface area (Å²) < 4.78 is 6.63. The molecule has 0 aliphatic carbocycles. The van der Waals surface area contributed by atoms with Gasteiger partial charge in [-0.2, -0.15) is 0 Å². The fourth-order valence-electron chi connectivity index (χ4n) is 5.50. The topological polar surface area (TPSA) is 223 Å². The third-order valence-electron chi connectivity index (χ3n) is 8.48. The second-order valence-electron chi connectivity index (χ2n) is 13.1. The average molecular weight is 718 g/mol. The first-order valence-corrected chi connectivity index (χ1v) is 18.0. The lowest BCUT2D eigenvalue weighted by Gasteiger charge is -2.29. The molecule has 1 rings (SSSR count). The number of hydrogen-bond donors (Lipinski definition) is 6. The van der Waals surface area contributed by atoms with Gasteiger partial charge in [0.2, 0.25) is 5.91 Å². The highest BCUT2D eigenvalue weighted by molar-refractivity contribution is 5.94. The molecule has 0 heterocycles. The van der Waals surface area contributed by atoms with Crippen molar-refractivity contribution in [3.8, 4) is 5.75 Å². The van der Waals surface area contributed by atoms with Crippen molar-refractivity contribution in [1.82, 2.24) is 5.32 Å². The molecule has 0 radical (unpaired) electrons. The van der Waals surface area contributed by atoms with E-state index < -0.39 is 47.8 Å². The first-order chi connectivity index (χ1) is 24.2. The zero-order chi connectivity index (χ0) is 38.2. The minimum Gasteiger partial charge on any atom is -0.624 e. The van der Waals surface area contributed by atoms with Gasteiger partial charge in [0.05, 0.1) is 18.9 Å². The maximum atomic E-state index is 13.4. The second-order valence-corrected chi connectivity index (χ2v) is 13.1. The Morgan fingerprint density at radius 2 is 1.57 bits per heavy atom. The van der Waals surface area contributed by atoms with E-state index in [1.165, 1.54) is 12.5 Å². The molecule has 0 saturated heterocycles. The van der Waals surface area contributed by atoms with E-state index in [4.69, 9.17) is 10.5 Å². The van der Waals surface area contributed by atoms with Crippen LogP contribution in [0.15, 0.2) is 48.1 Å². The van der Waals surface area contributed by atoms with Gasteiger partial charge in [0.15, 0.2) is 17.9 Å². The molecule has 1 amide bonds. The highest BCUT2D eigenvalue weighted by Gasteiger charge is 2.49. The molecular formula is C38H59N3O10. The normalized spacial score (nSPS) is 14.2. The summed E-state index contributed by atoms with van der Waals surface area (Å²) in [6.07, 6.45) is 13.5. The summed E-state index contributed by atoms with van der Waals surface area (Å²) in [5, 5.41) is 54.8. The lowest BCUT2D eigenvalue weighted by atomic mass is 9.82. The van der Waals surface area contributed by atoms with Crippen molar-refractivity contribution in [3.05, 3.63) is 58.8 Å². The van der Waals surface area contributed by atoms with E-state index in [2.05, 4.69) is 12.2 Å². The molecule has 0 fully saturated rings. The lowest BCUT2D eigenvalue weighted by molar-refractivity contribution is -0.457. The molecule has 1 aromatic rings. The second kappa shape index (κ2) is 24.8. The number of ether oxygens (including phenoxy) is 1. The van der Waals surface area contributed by atoms with Crippen molar-refractivity contribution < 1.29 is 49.1 Å². The van der Waals surface area contributed by atoms with Crippen molar-refractivity contribution in [1.29, 1.82) is 0 Å². The first kappa shape index (κ1) is 44.8. The lowest BCUT2D eigenvalue weighted by Crippen LogP contribution is -2.55. The summed E-state index contributed by atoms with van der Waals surface area (Å²) in [6.45, 7) is 6.95. The number of hydroxylamine groups is 1. The van der Waals surface area contributed by atoms with Gasteiger partial charge in [-0.25, -0.2) is 14.3 Å². The molecule has 286 valence electrons. The predicted octanol–water partition coefficient (Wildman–Crippen LogP) is 5.22. The molecule has 0 aliphatic heterocycles. The van der Waals surface area contributed by atoms with E-state index in [-0.39, 0.29) is 19.5 Å². The van der Waals surface area contributed by atoms with Gasteiger partial charge in [-0.1, -0.05) is 75.3 Å². The standard InChI is InChI=1S/C38H59N3O10/c1-4-5-6-9-12-15-30(41(50)24-23-39)16-13-10-7-8-11-14-17-32(38(49,37(47)48)27-34(42)43)35(44)40-33(36(45)46)26-29-18-20-31(21-19-29)51-25-22-28(2)3/h14,17-22,32-33,49H,4-13,15-16,23-27,39H2,1-3H3,(H,40,44)(H,42,43)(H,45,46)(H,47,48)/b17-14+,41-30-/t32-,33+,38+/m1/s1. The number of unbranched alkanes of at least 4 members (excludes halogenated alkanes) is 8. The van der Waals surface area contributed by atoms with Crippen molar-refractivity contribution in [2.45, 2.75) is 122 Å². The summed E-state index contributed by atoms with van der Waals surface area (Å²) in [7, 11) is 0. The van der Waals surface area contributed by atoms with Gasteiger partial charge in [0, 0.05) is 19.3 Å². The SMILES string of the molecule is CCCCCCC/C(CCCCCC/C=C/[C@H](C(=O)N[C@@H](Cc1ccc(OCC=C(C)C)cc1)C(=O)O)[C@@](O)(CC(=O)O)C(=O)O)=[N+](/[O-])CCN. The van der Waals surface area contributed by atoms with Crippen molar-refractivity contribution in [2.75, 3.05) is 19.7 Å². The summed E-state index contributed by atoms with van der Waals surface area (Å²) in [6, 6.07) is 5.09. The van der Waals surface area contributed by atoms with Crippen LogP contribution >= 0.6 is 0 Å². The number of hydrogen-bond acceptors (Lipinski definition) is 8. The van der Waals surface area contributed by atoms with E-state index in [1.54, 1.807) is 24.3 Å². The number of carboxylic acid groups (broad SMARTS) is 3. The van der Waals surface area contributed by atoms with Gasteiger partial charge in [-0.15, -0.1) is 0 Å².